The summed E-state index contributed by atoms with van der Waals surface area (Å²) < 4.78 is 33.3. The topological polar surface area (TPSA) is 161 Å². The van der Waals surface area contributed by atoms with E-state index in [-0.39, 0.29) is 12.0 Å². The lowest BCUT2D eigenvalue weighted by Crippen LogP contribution is -2.47. The first-order valence-electron chi connectivity index (χ1n) is 12.2. The second-order valence-electron chi connectivity index (χ2n) is 8.86. The number of amides is 2. The van der Waals surface area contributed by atoms with Crippen LogP contribution in [0, 0.1) is 0 Å². The average molecular weight is 561 g/mol. The predicted molar refractivity (Wildman–Crippen MR) is 135 cm³/mol. The van der Waals surface area contributed by atoms with Crippen LogP contribution in [0.2, 0.25) is 0 Å². The number of carbonyl (C=O) groups excluding carboxylic acids is 3. The van der Waals surface area contributed by atoms with Gasteiger partial charge in [-0.1, -0.05) is 30.3 Å². The van der Waals surface area contributed by atoms with Crippen molar-refractivity contribution in [2.45, 2.75) is 38.0 Å². The van der Waals surface area contributed by atoms with Crippen molar-refractivity contribution >= 4 is 23.6 Å². The second-order valence-corrected chi connectivity index (χ2v) is 8.86. The van der Waals surface area contributed by atoms with E-state index in [1.165, 1.54) is 12.8 Å². The summed E-state index contributed by atoms with van der Waals surface area (Å²) in [5.41, 5.74) is 7.15. The van der Waals surface area contributed by atoms with Gasteiger partial charge in [0.2, 0.25) is 5.78 Å². The summed E-state index contributed by atoms with van der Waals surface area (Å²) in [5.74, 6) is -4.91. The molecule has 14 heteroatoms. The van der Waals surface area contributed by atoms with Crippen LogP contribution < -0.4 is 11.1 Å². The molecule has 0 bridgehead atoms. The molecular formula is C26H27F3N6O5. The van der Waals surface area contributed by atoms with E-state index in [4.69, 9.17) is 15.6 Å². The zero-order valence-corrected chi connectivity index (χ0v) is 21.2. The quantitative estimate of drug-likeness (QED) is 0.335. The van der Waals surface area contributed by atoms with Crippen LogP contribution in [-0.4, -0.2) is 73.6 Å². The molecule has 1 unspecified atom stereocenters. The molecule has 4 rings (SSSR count). The van der Waals surface area contributed by atoms with Gasteiger partial charge in [0.05, 0.1) is 11.3 Å². The molecule has 1 fully saturated rings. The lowest BCUT2D eigenvalue weighted by molar-refractivity contribution is -0.192. The van der Waals surface area contributed by atoms with Gasteiger partial charge in [0.1, 0.15) is 6.04 Å². The number of nitrogens with zero attached hydrogens (tertiary/aromatic N) is 4. The van der Waals surface area contributed by atoms with Gasteiger partial charge in [-0.05, 0) is 49.7 Å². The molecule has 0 aliphatic carbocycles. The standard InChI is InChI=1S/C24H26N6O3.C2HF3O2/c25-22(32)21(31)20(15-17-7-2-1-3-8-17)27-24(33)19-9-6-11-26-23(19)30-14-10-18(28-30)16-29-12-4-5-13-29;3-2(4,5)1(6)7/h1-3,6-11,14,20H,4-5,12-13,15-16H2,(H2,25,32)(H,27,33);(H,6,7). The maximum Gasteiger partial charge on any atom is 0.490 e. The van der Waals surface area contributed by atoms with E-state index < -0.39 is 35.8 Å². The molecule has 2 aromatic heterocycles. The molecule has 1 atom stereocenters. The minimum Gasteiger partial charge on any atom is -0.475 e. The van der Waals surface area contributed by atoms with Gasteiger partial charge in [-0.15, -0.1) is 0 Å². The van der Waals surface area contributed by atoms with E-state index in [1.54, 1.807) is 29.2 Å². The van der Waals surface area contributed by atoms with Crippen LogP contribution in [0.15, 0.2) is 60.9 Å². The molecule has 3 heterocycles. The molecule has 11 nitrogen and oxygen atoms in total. The Morgan fingerprint density at radius 3 is 2.27 bits per heavy atom. The summed E-state index contributed by atoms with van der Waals surface area (Å²) in [7, 11) is 0. The van der Waals surface area contributed by atoms with E-state index in [2.05, 4.69) is 20.3 Å². The Morgan fingerprint density at radius 1 is 1.02 bits per heavy atom. The number of rotatable bonds is 9. The molecule has 1 aromatic carbocycles. The van der Waals surface area contributed by atoms with Crippen LogP contribution in [0.3, 0.4) is 0 Å². The van der Waals surface area contributed by atoms with E-state index in [1.807, 2.05) is 36.4 Å². The van der Waals surface area contributed by atoms with Gasteiger partial charge in [-0.25, -0.2) is 14.5 Å². The number of ketones is 1. The summed E-state index contributed by atoms with van der Waals surface area (Å²) in [6.07, 6.45) is 0.787. The molecule has 1 aliphatic heterocycles. The highest BCUT2D eigenvalue weighted by Gasteiger charge is 2.38. The van der Waals surface area contributed by atoms with Crippen LogP contribution in [0.1, 0.15) is 34.5 Å². The number of nitrogens with one attached hydrogen (secondary N) is 1. The van der Waals surface area contributed by atoms with Gasteiger partial charge >= 0.3 is 12.1 Å². The maximum atomic E-state index is 13.1. The molecule has 212 valence electrons. The number of carboxylic acid groups (broad SMARTS) is 1. The molecule has 0 spiro atoms. The Morgan fingerprint density at radius 2 is 1.68 bits per heavy atom. The minimum absolute atomic E-state index is 0.145. The third-order valence-electron chi connectivity index (χ3n) is 5.87. The first kappa shape index (κ1) is 30.0. The number of carbonyl (C=O) groups is 4. The molecule has 1 saturated heterocycles. The minimum atomic E-state index is -5.08. The first-order valence-corrected chi connectivity index (χ1v) is 12.2. The number of likely N-dealkylation sites (tertiary alicyclic amines) is 1. The number of aliphatic carboxylic acids is 1. The lowest BCUT2D eigenvalue weighted by atomic mass is 10.0. The Labute approximate surface area is 226 Å². The number of aromatic nitrogens is 3. The monoisotopic (exact) mass is 560 g/mol. The van der Waals surface area contributed by atoms with Gasteiger partial charge in [0.15, 0.2) is 5.82 Å². The van der Waals surface area contributed by atoms with Crippen molar-refractivity contribution in [2.75, 3.05) is 13.1 Å². The van der Waals surface area contributed by atoms with Gasteiger partial charge < -0.3 is 16.2 Å². The SMILES string of the molecule is NC(=O)C(=O)C(Cc1ccccc1)NC(=O)c1cccnc1-n1ccc(CN2CCCC2)n1.O=C(O)C(F)(F)F. The number of halogens is 3. The van der Waals surface area contributed by atoms with Crippen LogP contribution in [0.5, 0.6) is 0 Å². The van der Waals surface area contributed by atoms with E-state index in [9.17, 15) is 27.6 Å². The van der Waals surface area contributed by atoms with Crippen molar-refractivity contribution < 1.29 is 37.5 Å². The zero-order chi connectivity index (χ0) is 29.3. The average Bonchev–Trinajstić information content (AvgIpc) is 3.61. The highest BCUT2D eigenvalue weighted by atomic mass is 19.4. The fourth-order valence-electron chi connectivity index (χ4n) is 3.96. The van der Waals surface area contributed by atoms with Crippen molar-refractivity contribution in [3.8, 4) is 5.82 Å². The normalized spacial score (nSPS) is 14.1. The summed E-state index contributed by atoms with van der Waals surface area (Å²) in [5, 5.41) is 14.4. The Kier molecular flexibility index (Phi) is 10.1. The first-order chi connectivity index (χ1) is 19.0. The summed E-state index contributed by atoms with van der Waals surface area (Å²) in [4.78, 5) is 52.7. The molecule has 4 N–H and O–H groups in total. The summed E-state index contributed by atoms with van der Waals surface area (Å²) >= 11 is 0. The molecule has 0 radical (unpaired) electrons. The number of hydrogen-bond acceptors (Lipinski definition) is 7. The number of carboxylic acids is 1. The number of nitrogens with two attached hydrogens (primary N) is 1. The number of primary amides is 1. The largest absolute Gasteiger partial charge is 0.490 e. The van der Waals surface area contributed by atoms with Crippen LogP contribution in [0.25, 0.3) is 5.82 Å². The smallest absolute Gasteiger partial charge is 0.475 e. The van der Waals surface area contributed by atoms with Crippen molar-refractivity contribution in [2.24, 2.45) is 5.73 Å². The molecular weight excluding hydrogens is 533 g/mol. The number of pyridine rings is 1. The fourth-order valence-corrected chi connectivity index (χ4v) is 3.96. The molecule has 2 amide bonds. The highest BCUT2D eigenvalue weighted by molar-refractivity contribution is 6.38. The fraction of sp³-hybridized carbons (Fsp3) is 0.308. The van der Waals surface area contributed by atoms with E-state index >= 15 is 0 Å². The highest BCUT2D eigenvalue weighted by Crippen LogP contribution is 2.16. The number of hydrogen-bond donors (Lipinski definition) is 3. The zero-order valence-electron chi connectivity index (χ0n) is 21.2. The van der Waals surface area contributed by atoms with Gasteiger partial charge in [0, 0.05) is 25.4 Å². The Hall–Kier alpha value is -4.59. The van der Waals surface area contributed by atoms with Crippen molar-refractivity contribution in [1.82, 2.24) is 25.0 Å². The van der Waals surface area contributed by atoms with Crippen LogP contribution in [0.4, 0.5) is 13.2 Å². The van der Waals surface area contributed by atoms with Crippen molar-refractivity contribution in [3.05, 3.63) is 77.7 Å². The predicted octanol–water partition coefficient (Wildman–Crippen LogP) is 1.89. The van der Waals surface area contributed by atoms with Gasteiger partial charge in [-0.2, -0.15) is 18.3 Å². The Balaban J connectivity index is 0.000000559. The lowest BCUT2D eigenvalue weighted by Gasteiger charge is -2.17. The summed E-state index contributed by atoms with van der Waals surface area (Å²) in [6, 6.07) is 13.2. The van der Waals surface area contributed by atoms with E-state index in [0.717, 1.165) is 30.9 Å². The molecule has 40 heavy (non-hydrogen) atoms. The number of Topliss-reactive ketones (excluding diaryl/α,β-unsaturated/α-hetero) is 1. The molecule has 3 aromatic rings. The molecule has 1 aliphatic rings. The third kappa shape index (κ3) is 8.46. The summed E-state index contributed by atoms with van der Waals surface area (Å²) in [6.45, 7) is 2.86. The maximum absolute atomic E-state index is 13.1. The van der Waals surface area contributed by atoms with Crippen molar-refractivity contribution in [1.29, 1.82) is 0 Å². The van der Waals surface area contributed by atoms with Gasteiger partial charge in [0.25, 0.3) is 11.8 Å². The Bertz CT molecular complexity index is 1340. The number of alkyl halides is 3. The third-order valence-corrected chi connectivity index (χ3v) is 5.87. The molecule has 0 saturated carbocycles. The van der Waals surface area contributed by atoms with Crippen LogP contribution in [-0.2, 0) is 27.3 Å². The number of benzene rings is 1. The van der Waals surface area contributed by atoms with Crippen molar-refractivity contribution in [3.63, 3.8) is 0 Å². The van der Waals surface area contributed by atoms with Gasteiger partial charge in [-0.3, -0.25) is 19.3 Å². The van der Waals surface area contributed by atoms with E-state index in [0.29, 0.717) is 5.82 Å². The second kappa shape index (κ2) is 13.5. The van der Waals surface area contributed by atoms with Crippen LogP contribution >= 0.6 is 0 Å².